The normalized spacial score (nSPS) is 16.3. The van der Waals surface area contributed by atoms with Gasteiger partial charge in [-0.05, 0) is 19.0 Å². The van der Waals surface area contributed by atoms with Crippen LogP contribution in [0.25, 0.3) is 0 Å². The van der Waals surface area contributed by atoms with Crippen LogP contribution in [0.2, 0.25) is 0 Å². The van der Waals surface area contributed by atoms with E-state index in [9.17, 15) is 15.1 Å². The Morgan fingerprint density at radius 1 is 1.48 bits per heavy atom. The van der Waals surface area contributed by atoms with Gasteiger partial charge in [0.15, 0.2) is 5.82 Å². The number of nitrogens with one attached hydrogen (secondary N) is 2. The summed E-state index contributed by atoms with van der Waals surface area (Å²) < 4.78 is 1.03. The van der Waals surface area contributed by atoms with Crippen LogP contribution in [0.1, 0.15) is 18.2 Å². The topological polar surface area (TPSA) is 201 Å². The van der Waals surface area contributed by atoms with Gasteiger partial charge in [-0.2, -0.15) is 30.1 Å². The minimum Gasteiger partial charge on any atom is -0.308 e. The van der Waals surface area contributed by atoms with Gasteiger partial charge in [0.1, 0.15) is 23.7 Å². The zero-order valence-corrected chi connectivity index (χ0v) is 15.6. The second-order valence-corrected chi connectivity index (χ2v) is 5.42. The maximum atomic E-state index is 10.8. The molecule has 1 atom stereocenters. The lowest BCUT2D eigenvalue weighted by Gasteiger charge is -2.13. The SMILES string of the molecule is C=C(/N=N/c1c(C#N)c(C)nn1C1=NC(N=O)NC(N=O)=N1)/C(C)=N\N(C)C=N. The van der Waals surface area contributed by atoms with E-state index in [1.807, 2.05) is 6.07 Å². The summed E-state index contributed by atoms with van der Waals surface area (Å²) >= 11 is 0. The van der Waals surface area contributed by atoms with Gasteiger partial charge in [-0.1, -0.05) is 6.58 Å². The van der Waals surface area contributed by atoms with Crippen LogP contribution in [0.3, 0.4) is 0 Å². The largest absolute Gasteiger partial charge is 0.308 e. The molecule has 1 aromatic rings. The Balaban J connectivity index is 2.51. The second-order valence-electron chi connectivity index (χ2n) is 5.42. The molecular formula is C14H15N13O2. The fraction of sp³-hybridized carbons (Fsp3) is 0.286. The number of azo groups is 1. The van der Waals surface area contributed by atoms with E-state index in [1.165, 1.54) is 5.01 Å². The molecular weight excluding hydrogens is 382 g/mol. The van der Waals surface area contributed by atoms with Gasteiger partial charge in [0.25, 0.3) is 18.2 Å². The number of hydrogen-bond acceptors (Lipinski definition) is 13. The molecule has 15 nitrogen and oxygen atoms in total. The molecule has 0 fully saturated rings. The van der Waals surface area contributed by atoms with Crippen LogP contribution in [0, 0.1) is 33.5 Å². The Kier molecular flexibility index (Phi) is 6.42. The minimum atomic E-state index is -1.35. The van der Waals surface area contributed by atoms with E-state index >= 15 is 0 Å². The van der Waals surface area contributed by atoms with Crippen molar-refractivity contribution in [2.24, 2.45) is 35.7 Å². The molecule has 0 bridgehead atoms. The molecule has 2 heterocycles. The highest BCUT2D eigenvalue weighted by molar-refractivity contribution is 5.99. The van der Waals surface area contributed by atoms with E-state index in [0.717, 1.165) is 11.0 Å². The Morgan fingerprint density at radius 2 is 2.21 bits per heavy atom. The molecule has 1 aromatic heterocycles. The molecule has 1 unspecified atom stereocenters. The molecule has 2 rings (SSSR count). The van der Waals surface area contributed by atoms with Crippen molar-refractivity contribution in [3.05, 3.63) is 33.3 Å². The molecule has 1 aliphatic rings. The van der Waals surface area contributed by atoms with E-state index in [1.54, 1.807) is 20.9 Å². The number of aryl methyl sites for hydroxylation is 1. The van der Waals surface area contributed by atoms with Gasteiger partial charge >= 0.3 is 0 Å². The van der Waals surface area contributed by atoms with Gasteiger partial charge in [-0.3, -0.25) is 10.4 Å². The third-order valence-electron chi connectivity index (χ3n) is 3.40. The Bertz CT molecular complexity index is 1020. The molecule has 0 aliphatic carbocycles. The number of nitriles is 1. The average Bonchev–Trinajstić information content (AvgIpc) is 3.06. The van der Waals surface area contributed by atoms with Crippen LogP contribution in [0.15, 0.2) is 47.9 Å². The Labute approximate surface area is 163 Å². The van der Waals surface area contributed by atoms with Gasteiger partial charge < -0.3 is 5.32 Å². The van der Waals surface area contributed by atoms with Gasteiger partial charge in [0.2, 0.25) is 0 Å². The summed E-state index contributed by atoms with van der Waals surface area (Å²) in [5, 5.41) is 41.5. The monoisotopic (exact) mass is 397 g/mol. The number of allylic oxidation sites excluding steroid dienone is 1. The molecule has 0 saturated carbocycles. The maximum absolute atomic E-state index is 10.8. The summed E-state index contributed by atoms with van der Waals surface area (Å²) in [4.78, 5) is 29.3. The van der Waals surface area contributed by atoms with Gasteiger partial charge in [-0.25, -0.2) is 0 Å². The molecule has 148 valence electrons. The molecule has 0 aromatic carbocycles. The molecule has 0 saturated heterocycles. The third kappa shape index (κ3) is 4.63. The molecule has 2 N–H and O–H groups in total. The number of rotatable bonds is 6. The van der Waals surface area contributed by atoms with Crippen LogP contribution in [-0.4, -0.2) is 52.1 Å². The highest BCUT2D eigenvalue weighted by atomic mass is 16.3. The summed E-state index contributed by atoms with van der Waals surface area (Å²) in [6.45, 7) is 6.89. The first-order valence-corrected chi connectivity index (χ1v) is 7.83. The van der Waals surface area contributed by atoms with Crippen LogP contribution in [0.4, 0.5) is 5.82 Å². The van der Waals surface area contributed by atoms with Crippen LogP contribution in [-0.2, 0) is 0 Å². The smallest absolute Gasteiger partial charge is 0.271 e. The highest BCUT2D eigenvalue weighted by Gasteiger charge is 2.24. The summed E-state index contributed by atoms with van der Waals surface area (Å²) in [5.41, 5.74) is 0.886. The standard InChI is InChI=1S/C14H15N13O2/c1-7(8(2)22-26(4)6-16)20-21-11-10(5-15)9(3)23-27(11)14-18-12(24-28)17-13(19-14)25-29/h6,12,16H,1H2,2-4H3,(H,17,18,19)/b16-6?,21-20+,22-8-. The number of aliphatic imine (C=N–C) groups is 2. The Morgan fingerprint density at radius 3 is 2.79 bits per heavy atom. The number of guanidine groups is 1. The highest BCUT2D eigenvalue weighted by Crippen LogP contribution is 2.24. The van der Waals surface area contributed by atoms with Crippen molar-refractivity contribution in [3.63, 3.8) is 0 Å². The summed E-state index contributed by atoms with van der Waals surface area (Å²) in [5.74, 6) is -0.726. The van der Waals surface area contributed by atoms with Crippen molar-refractivity contribution in [2.75, 3.05) is 7.05 Å². The third-order valence-corrected chi connectivity index (χ3v) is 3.40. The van der Waals surface area contributed by atoms with Gasteiger partial charge in [0.05, 0.1) is 11.4 Å². The van der Waals surface area contributed by atoms with E-state index < -0.39 is 12.2 Å². The van der Waals surface area contributed by atoms with Crippen molar-refractivity contribution in [3.8, 4) is 6.07 Å². The summed E-state index contributed by atoms with van der Waals surface area (Å²) in [7, 11) is 1.55. The lowest BCUT2D eigenvalue weighted by Crippen LogP contribution is -2.37. The van der Waals surface area contributed by atoms with Crippen molar-refractivity contribution < 1.29 is 0 Å². The summed E-state index contributed by atoms with van der Waals surface area (Å²) in [6, 6.07) is 1.94. The van der Waals surface area contributed by atoms with Crippen LogP contribution >= 0.6 is 0 Å². The molecule has 0 radical (unpaired) electrons. The lowest BCUT2D eigenvalue weighted by molar-refractivity contribution is 0.557. The molecule has 29 heavy (non-hydrogen) atoms. The fourth-order valence-corrected chi connectivity index (χ4v) is 1.99. The maximum Gasteiger partial charge on any atom is 0.271 e. The van der Waals surface area contributed by atoms with Crippen LogP contribution < -0.4 is 5.32 Å². The Hall–Kier alpha value is -4.48. The molecule has 1 aliphatic heterocycles. The zero-order valence-electron chi connectivity index (χ0n) is 15.6. The quantitative estimate of drug-likeness (QED) is 0.239. The van der Waals surface area contributed by atoms with Gasteiger partial charge in [0, 0.05) is 12.2 Å². The van der Waals surface area contributed by atoms with Crippen LogP contribution in [0.5, 0.6) is 0 Å². The predicted octanol–water partition coefficient (Wildman–Crippen LogP) is 1.56. The molecule has 0 amide bonds. The van der Waals surface area contributed by atoms with Gasteiger partial charge in [-0.15, -0.1) is 20.0 Å². The summed E-state index contributed by atoms with van der Waals surface area (Å²) in [6.07, 6.45) is -0.361. The van der Waals surface area contributed by atoms with E-state index in [4.69, 9.17) is 5.41 Å². The molecule has 15 heteroatoms. The van der Waals surface area contributed by atoms with Crippen molar-refractivity contribution in [1.82, 2.24) is 20.1 Å². The predicted molar refractivity (Wildman–Crippen MR) is 104 cm³/mol. The number of nitrogens with zero attached hydrogens (tertiary/aromatic N) is 11. The van der Waals surface area contributed by atoms with E-state index in [2.05, 4.69) is 52.7 Å². The number of hydrazone groups is 1. The number of aromatic nitrogens is 2. The second kappa shape index (κ2) is 8.94. The number of hydrogen-bond donors (Lipinski definition) is 2. The van der Waals surface area contributed by atoms with E-state index in [-0.39, 0.29) is 28.7 Å². The lowest BCUT2D eigenvalue weighted by atomic mass is 10.3. The minimum absolute atomic E-state index is 0.0568. The van der Waals surface area contributed by atoms with Crippen molar-refractivity contribution >= 4 is 29.8 Å². The van der Waals surface area contributed by atoms with Crippen molar-refractivity contribution in [2.45, 2.75) is 20.1 Å². The zero-order chi connectivity index (χ0) is 21.6. The first kappa shape index (κ1) is 20.8. The van der Waals surface area contributed by atoms with Crippen molar-refractivity contribution in [1.29, 1.82) is 10.7 Å². The molecule has 0 spiro atoms. The van der Waals surface area contributed by atoms with E-state index in [0.29, 0.717) is 5.71 Å². The first-order valence-electron chi connectivity index (χ1n) is 7.83. The fourth-order valence-electron chi connectivity index (χ4n) is 1.99. The average molecular weight is 397 g/mol. The first-order chi connectivity index (χ1) is 13.8. The number of nitroso groups, excluding NO2 is 2.